The Morgan fingerprint density at radius 2 is 1.61 bits per heavy atom. The van der Waals surface area contributed by atoms with E-state index in [2.05, 4.69) is 4.72 Å². The number of esters is 1. The van der Waals surface area contributed by atoms with E-state index in [1.165, 1.54) is 24.3 Å². The van der Waals surface area contributed by atoms with Gasteiger partial charge in [0.2, 0.25) is 0 Å². The molecule has 2 aromatic rings. The molecule has 1 aliphatic heterocycles. The molecule has 0 saturated carbocycles. The molecule has 0 bridgehead atoms. The first-order valence-corrected chi connectivity index (χ1v) is 10.5. The van der Waals surface area contributed by atoms with Gasteiger partial charge in [-0.2, -0.15) is 0 Å². The molecule has 2 aromatic carbocycles. The first-order chi connectivity index (χ1) is 13.3. The third kappa shape index (κ3) is 4.89. The molecule has 1 aliphatic rings. The van der Waals surface area contributed by atoms with Crippen LogP contribution in [-0.4, -0.2) is 44.9 Å². The number of nitrogens with zero attached hydrogens (tertiary/aromatic N) is 1. The van der Waals surface area contributed by atoms with Crippen LogP contribution in [0.3, 0.4) is 0 Å². The summed E-state index contributed by atoms with van der Waals surface area (Å²) in [5, 5.41) is 0. The van der Waals surface area contributed by atoms with Gasteiger partial charge in [0, 0.05) is 18.8 Å². The summed E-state index contributed by atoms with van der Waals surface area (Å²) in [6.45, 7) is 2.98. The van der Waals surface area contributed by atoms with Crippen LogP contribution in [-0.2, 0) is 19.6 Å². The van der Waals surface area contributed by atoms with Crippen molar-refractivity contribution >= 4 is 27.6 Å². The van der Waals surface area contributed by atoms with Gasteiger partial charge in [0.1, 0.15) is 0 Å². The molecule has 1 amide bonds. The quantitative estimate of drug-likeness (QED) is 0.750. The number of sulfonamides is 1. The van der Waals surface area contributed by atoms with E-state index in [1.54, 1.807) is 29.2 Å². The fourth-order valence-electron chi connectivity index (χ4n) is 2.87. The van der Waals surface area contributed by atoms with Crippen molar-refractivity contribution in [3.63, 3.8) is 0 Å². The maximum atomic E-state index is 12.5. The van der Waals surface area contributed by atoms with Crippen molar-refractivity contribution in [3.05, 3.63) is 59.7 Å². The van der Waals surface area contributed by atoms with Gasteiger partial charge in [-0.15, -0.1) is 0 Å². The molecule has 0 radical (unpaired) electrons. The van der Waals surface area contributed by atoms with Crippen molar-refractivity contribution in [3.8, 4) is 0 Å². The number of rotatable bonds is 6. The summed E-state index contributed by atoms with van der Waals surface area (Å²) in [6, 6.07) is 12.4. The average Bonchev–Trinajstić information content (AvgIpc) is 3.22. The second-order valence-electron chi connectivity index (χ2n) is 6.66. The van der Waals surface area contributed by atoms with Crippen LogP contribution in [0.1, 0.15) is 28.8 Å². The first-order valence-electron chi connectivity index (χ1n) is 8.99. The predicted molar refractivity (Wildman–Crippen MR) is 105 cm³/mol. The van der Waals surface area contributed by atoms with Gasteiger partial charge in [-0.05, 0) is 56.2 Å². The topological polar surface area (TPSA) is 92.8 Å². The van der Waals surface area contributed by atoms with E-state index in [0.29, 0.717) is 18.8 Å². The molecule has 1 N–H and O–H groups in total. The summed E-state index contributed by atoms with van der Waals surface area (Å²) in [5.74, 6) is -0.879. The SMILES string of the molecule is Cc1ccc(NS(=O)(=O)c2ccc(C(=O)OCC(=O)N3CCCC3)cc2)cc1. The highest BCUT2D eigenvalue weighted by Crippen LogP contribution is 2.17. The monoisotopic (exact) mass is 402 g/mol. The molecule has 1 fully saturated rings. The van der Waals surface area contributed by atoms with E-state index in [-0.39, 0.29) is 23.0 Å². The molecule has 0 aliphatic carbocycles. The third-order valence-electron chi connectivity index (χ3n) is 4.49. The number of nitrogens with one attached hydrogen (secondary N) is 1. The number of hydrogen-bond donors (Lipinski definition) is 1. The smallest absolute Gasteiger partial charge is 0.338 e. The van der Waals surface area contributed by atoms with E-state index in [9.17, 15) is 18.0 Å². The zero-order valence-corrected chi connectivity index (χ0v) is 16.4. The van der Waals surface area contributed by atoms with Crippen molar-refractivity contribution in [1.82, 2.24) is 4.90 Å². The Labute approximate surface area is 164 Å². The van der Waals surface area contributed by atoms with Gasteiger partial charge < -0.3 is 9.64 Å². The minimum absolute atomic E-state index is 0.0257. The molecule has 0 unspecified atom stereocenters. The van der Waals surface area contributed by atoms with Crippen LogP contribution in [0.2, 0.25) is 0 Å². The van der Waals surface area contributed by atoms with E-state index < -0.39 is 16.0 Å². The van der Waals surface area contributed by atoms with Gasteiger partial charge >= 0.3 is 5.97 Å². The molecule has 0 atom stereocenters. The average molecular weight is 402 g/mol. The third-order valence-corrected chi connectivity index (χ3v) is 5.89. The van der Waals surface area contributed by atoms with E-state index in [1.807, 2.05) is 6.92 Å². The lowest BCUT2D eigenvalue weighted by molar-refractivity contribution is -0.133. The maximum Gasteiger partial charge on any atom is 0.338 e. The van der Waals surface area contributed by atoms with Gasteiger partial charge in [0.05, 0.1) is 10.5 Å². The zero-order valence-electron chi connectivity index (χ0n) is 15.6. The van der Waals surface area contributed by atoms with Gasteiger partial charge in [-0.1, -0.05) is 17.7 Å². The normalized spacial score (nSPS) is 14.0. The minimum atomic E-state index is -3.77. The largest absolute Gasteiger partial charge is 0.452 e. The Bertz CT molecular complexity index is 947. The van der Waals surface area contributed by atoms with Crippen LogP contribution in [0.4, 0.5) is 5.69 Å². The lowest BCUT2D eigenvalue weighted by Crippen LogP contribution is -2.32. The highest BCUT2D eigenvalue weighted by atomic mass is 32.2. The Kier molecular flexibility index (Phi) is 5.99. The minimum Gasteiger partial charge on any atom is -0.452 e. The predicted octanol–water partition coefficient (Wildman–Crippen LogP) is 2.58. The molecule has 28 heavy (non-hydrogen) atoms. The molecule has 3 rings (SSSR count). The van der Waals surface area contributed by atoms with Crippen molar-refractivity contribution in [2.24, 2.45) is 0 Å². The Morgan fingerprint density at radius 1 is 1.00 bits per heavy atom. The lowest BCUT2D eigenvalue weighted by Gasteiger charge is -2.15. The first kappa shape index (κ1) is 19.9. The van der Waals surface area contributed by atoms with Crippen molar-refractivity contribution < 1.29 is 22.7 Å². The molecule has 7 nitrogen and oxygen atoms in total. The van der Waals surface area contributed by atoms with E-state index in [4.69, 9.17) is 4.74 Å². The number of amides is 1. The summed E-state index contributed by atoms with van der Waals surface area (Å²) in [4.78, 5) is 25.7. The van der Waals surface area contributed by atoms with Gasteiger partial charge in [-0.3, -0.25) is 9.52 Å². The Morgan fingerprint density at radius 3 is 2.21 bits per heavy atom. The molecule has 1 heterocycles. The number of aryl methyl sites for hydroxylation is 1. The second-order valence-corrected chi connectivity index (χ2v) is 8.34. The Balaban J connectivity index is 1.60. The van der Waals surface area contributed by atoms with Crippen LogP contribution in [0, 0.1) is 6.92 Å². The van der Waals surface area contributed by atoms with Crippen LogP contribution in [0.15, 0.2) is 53.4 Å². The molecule has 1 saturated heterocycles. The highest BCUT2D eigenvalue weighted by Gasteiger charge is 2.20. The summed E-state index contributed by atoms with van der Waals surface area (Å²) in [6.07, 6.45) is 1.93. The number of hydrogen-bond acceptors (Lipinski definition) is 5. The number of likely N-dealkylation sites (tertiary alicyclic amines) is 1. The molecule has 0 aromatic heterocycles. The Hall–Kier alpha value is -2.87. The summed E-state index contributed by atoms with van der Waals surface area (Å²) in [7, 11) is -3.77. The van der Waals surface area contributed by atoms with Gasteiger partial charge in [-0.25, -0.2) is 13.2 Å². The second kappa shape index (κ2) is 8.43. The van der Waals surface area contributed by atoms with E-state index in [0.717, 1.165) is 18.4 Å². The van der Waals surface area contributed by atoms with E-state index >= 15 is 0 Å². The summed E-state index contributed by atoms with van der Waals surface area (Å²) in [5.41, 5.74) is 1.66. The lowest BCUT2D eigenvalue weighted by atomic mass is 10.2. The standard InChI is InChI=1S/C20H22N2O5S/c1-15-4-8-17(9-5-15)21-28(25,26)18-10-6-16(7-11-18)20(24)27-14-19(23)22-12-2-3-13-22/h4-11,21H,2-3,12-14H2,1H3. The van der Waals surface area contributed by atoms with Crippen LogP contribution in [0.5, 0.6) is 0 Å². The van der Waals surface area contributed by atoms with Crippen LogP contribution < -0.4 is 4.72 Å². The van der Waals surface area contributed by atoms with Crippen LogP contribution >= 0.6 is 0 Å². The van der Waals surface area contributed by atoms with Gasteiger partial charge in [0.25, 0.3) is 15.9 Å². The van der Waals surface area contributed by atoms with Crippen molar-refractivity contribution in [1.29, 1.82) is 0 Å². The van der Waals surface area contributed by atoms with Crippen molar-refractivity contribution in [2.45, 2.75) is 24.7 Å². The molecular weight excluding hydrogens is 380 g/mol. The number of ether oxygens (including phenoxy) is 1. The van der Waals surface area contributed by atoms with Gasteiger partial charge in [0.15, 0.2) is 6.61 Å². The number of carbonyl (C=O) groups is 2. The molecule has 0 spiro atoms. The fourth-order valence-corrected chi connectivity index (χ4v) is 3.93. The van der Waals surface area contributed by atoms with Crippen molar-refractivity contribution in [2.75, 3.05) is 24.4 Å². The molecular formula is C20H22N2O5S. The number of anilines is 1. The maximum absolute atomic E-state index is 12.5. The summed E-state index contributed by atoms with van der Waals surface area (Å²) >= 11 is 0. The summed E-state index contributed by atoms with van der Waals surface area (Å²) < 4.78 is 32.4. The zero-order chi connectivity index (χ0) is 20.1. The number of carbonyl (C=O) groups excluding carboxylic acids is 2. The fraction of sp³-hybridized carbons (Fsp3) is 0.300. The number of benzene rings is 2. The van der Waals surface area contributed by atoms with Crippen LogP contribution in [0.25, 0.3) is 0 Å². The molecule has 148 valence electrons. The highest BCUT2D eigenvalue weighted by molar-refractivity contribution is 7.92. The molecule has 8 heteroatoms.